The van der Waals surface area contributed by atoms with Gasteiger partial charge in [-0.3, -0.25) is 0 Å². The second-order valence-corrected chi connectivity index (χ2v) is 8.41. The van der Waals surface area contributed by atoms with Gasteiger partial charge in [0, 0.05) is 5.57 Å². The van der Waals surface area contributed by atoms with E-state index in [2.05, 4.69) is 20.4 Å². The molecule has 0 heterocycles. The summed E-state index contributed by atoms with van der Waals surface area (Å²) < 4.78 is 0. The van der Waals surface area contributed by atoms with Gasteiger partial charge in [-0.05, 0) is 18.8 Å². The third-order valence-corrected chi connectivity index (χ3v) is 5.83. The van der Waals surface area contributed by atoms with Crippen LogP contribution < -0.4 is 0 Å². The van der Waals surface area contributed by atoms with Crippen molar-refractivity contribution in [2.75, 3.05) is 0 Å². The van der Waals surface area contributed by atoms with Gasteiger partial charge in [-0.2, -0.15) is 0 Å². The lowest BCUT2D eigenvalue weighted by Gasteiger charge is -2.17. The highest BCUT2D eigenvalue weighted by Crippen LogP contribution is 2.25. The lowest BCUT2D eigenvalue weighted by atomic mass is 9.88. The van der Waals surface area contributed by atoms with Gasteiger partial charge in [-0.25, -0.2) is 4.79 Å². The molecule has 1 unspecified atom stereocenters. The van der Waals surface area contributed by atoms with Crippen LogP contribution in [0.2, 0.25) is 0 Å². The Hall–Kier alpha value is -0.790. The molecular weight excluding hydrogens is 332 g/mol. The normalized spacial score (nSPS) is 12.2. The number of hydrogen-bond donors (Lipinski definition) is 1. The van der Waals surface area contributed by atoms with Crippen LogP contribution >= 0.6 is 0 Å². The van der Waals surface area contributed by atoms with Gasteiger partial charge in [0.25, 0.3) is 0 Å². The molecule has 0 aliphatic heterocycles. The van der Waals surface area contributed by atoms with Crippen LogP contribution in [-0.2, 0) is 4.79 Å². The zero-order valence-corrected chi connectivity index (χ0v) is 18.6. The summed E-state index contributed by atoms with van der Waals surface area (Å²) in [6.07, 6.45) is 24.3. The molecule has 160 valence electrons. The van der Waals surface area contributed by atoms with Gasteiger partial charge < -0.3 is 5.11 Å². The molecule has 0 saturated heterocycles. The molecule has 0 aromatic rings. The maximum Gasteiger partial charge on any atom is 0.331 e. The highest BCUT2D eigenvalue weighted by atomic mass is 16.4. The van der Waals surface area contributed by atoms with Crippen molar-refractivity contribution in [1.29, 1.82) is 0 Å². The van der Waals surface area contributed by atoms with Crippen molar-refractivity contribution in [3.05, 3.63) is 12.2 Å². The molecule has 0 rings (SSSR count). The van der Waals surface area contributed by atoms with Gasteiger partial charge in [-0.15, -0.1) is 0 Å². The van der Waals surface area contributed by atoms with E-state index < -0.39 is 5.97 Å². The fraction of sp³-hybridized carbons (Fsp3) is 0.880. The third kappa shape index (κ3) is 17.1. The van der Waals surface area contributed by atoms with Crippen molar-refractivity contribution >= 4 is 5.97 Å². The summed E-state index contributed by atoms with van der Waals surface area (Å²) in [7, 11) is 0. The molecule has 0 saturated carbocycles. The van der Waals surface area contributed by atoms with Gasteiger partial charge in [0.1, 0.15) is 0 Å². The molecule has 0 aromatic carbocycles. The van der Waals surface area contributed by atoms with Gasteiger partial charge in [0.15, 0.2) is 0 Å². The van der Waals surface area contributed by atoms with Crippen LogP contribution in [-0.4, -0.2) is 11.1 Å². The summed E-state index contributed by atoms with van der Waals surface area (Å²) in [6.45, 7) is 8.37. The quantitative estimate of drug-likeness (QED) is 0.160. The maximum atomic E-state index is 11.3. The zero-order valence-electron chi connectivity index (χ0n) is 18.6. The number of carboxylic acid groups (broad SMARTS) is 1. The molecule has 2 nitrogen and oxygen atoms in total. The van der Waals surface area contributed by atoms with Crippen molar-refractivity contribution < 1.29 is 9.90 Å². The van der Waals surface area contributed by atoms with E-state index in [9.17, 15) is 9.90 Å². The summed E-state index contributed by atoms with van der Waals surface area (Å²) in [5.41, 5.74) is 0.442. The molecule has 0 aliphatic rings. The van der Waals surface area contributed by atoms with E-state index in [4.69, 9.17) is 0 Å². The first kappa shape index (κ1) is 26.2. The molecule has 0 amide bonds. The first-order valence-corrected chi connectivity index (χ1v) is 12.1. The van der Waals surface area contributed by atoms with E-state index in [1.54, 1.807) is 0 Å². The predicted octanol–water partition coefficient (Wildman–Crippen LogP) is 8.70. The standard InChI is InChI=1S/C25H48O2/c1-4-6-8-10-12-13-14-16-18-20-22-24(23(3)25(26)27)21-19-17-15-11-9-7-5-2/h24H,3-22H2,1-2H3,(H,26,27). The van der Waals surface area contributed by atoms with Crippen LogP contribution in [0.5, 0.6) is 0 Å². The minimum Gasteiger partial charge on any atom is -0.478 e. The Labute approximate surface area is 170 Å². The topological polar surface area (TPSA) is 37.3 Å². The van der Waals surface area contributed by atoms with Gasteiger partial charge in [0.2, 0.25) is 0 Å². The van der Waals surface area contributed by atoms with Crippen molar-refractivity contribution in [3.63, 3.8) is 0 Å². The minimum absolute atomic E-state index is 0.187. The monoisotopic (exact) mass is 380 g/mol. The van der Waals surface area contributed by atoms with E-state index in [-0.39, 0.29) is 5.92 Å². The molecule has 0 radical (unpaired) electrons. The molecule has 27 heavy (non-hydrogen) atoms. The SMILES string of the molecule is C=C(C(=O)O)C(CCCCCCCCC)CCCCCCCCCCCC. The van der Waals surface area contributed by atoms with Crippen LogP contribution in [0.15, 0.2) is 12.2 Å². The molecular formula is C25H48O2. The van der Waals surface area contributed by atoms with Crippen LogP contribution in [0.1, 0.15) is 136 Å². The zero-order chi connectivity index (χ0) is 20.2. The number of unbranched alkanes of at least 4 members (excludes halogenated alkanes) is 15. The lowest BCUT2D eigenvalue weighted by molar-refractivity contribution is -0.133. The van der Waals surface area contributed by atoms with Crippen LogP contribution in [0, 0.1) is 5.92 Å². The van der Waals surface area contributed by atoms with E-state index >= 15 is 0 Å². The lowest BCUT2D eigenvalue weighted by Crippen LogP contribution is -2.12. The van der Waals surface area contributed by atoms with E-state index in [1.165, 1.54) is 96.3 Å². The first-order chi connectivity index (χ1) is 13.1. The molecule has 0 aliphatic carbocycles. The summed E-state index contributed by atoms with van der Waals surface area (Å²) in [5, 5.41) is 9.31. The summed E-state index contributed by atoms with van der Waals surface area (Å²) >= 11 is 0. The Bertz CT molecular complexity index is 348. The fourth-order valence-electron chi connectivity index (χ4n) is 3.89. The molecule has 0 fully saturated rings. The molecule has 0 aromatic heterocycles. The minimum atomic E-state index is -0.796. The first-order valence-electron chi connectivity index (χ1n) is 12.1. The number of carboxylic acids is 1. The Kier molecular flexibility index (Phi) is 19.4. The number of hydrogen-bond acceptors (Lipinski definition) is 1. The van der Waals surface area contributed by atoms with Crippen LogP contribution in [0.25, 0.3) is 0 Å². The summed E-state index contributed by atoms with van der Waals surface area (Å²) in [6, 6.07) is 0. The number of rotatable bonds is 21. The molecule has 1 atom stereocenters. The second-order valence-electron chi connectivity index (χ2n) is 8.41. The average molecular weight is 381 g/mol. The van der Waals surface area contributed by atoms with Crippen molar-refractivity contribution in [1.82, 2.24) is 0 Å². The van der Waals surface area contributed by atoms with E-state index in [0.29, 0.717) is 5.57 Å². The Morgan fingerprint density at radius 3 is 1.22 bits per heavy atom. The van der Waals surface area contributed by atoms with Gasteiger partial charge in [-0.1, -0.05) is 130 Å². The Morgan fingerprint density at radius 2 is 0.926 bits per heavy atom. The second kappa shape index (κ2) is 20.0. The molecule has 2 heteroatoms. The largest absolute Gasteiger partial charge is 0.478 e. The highest BCUT2D eigenvalue weighted by molar-refractivity contribution is 5.86. The third-order valence-electron chi connectivity index (χ3n) is 5.83. The molecule has 0 bridgehead atoms. The van der Waals surface area contributed by atoms with Crippen LogP contribution in [0.3, 0.4) is 0 Å². The van der Waals surface area contributed by atoms with E-state index in [0.717, 1.165) is 25.7 Å². The van der Waals surface area contributed by atoms with Gasteiger partial charge >= 0.3 is 5.97 Å². The summed E-state index contributed by atoms with van der Waals surface area (Å²) in [5.74, 6) is -0.609. The number of carbonyl (C=O) groups is 1. The Balaban J connectivity index is 3.78. The molecule has 1 N–H and O–H groups in total. The van der Waals surface area contributed by atoms with Gasteiger partial charge in [0.05, 0.1) is 0 Å². The molecule has 0 spiro atoms. The Morgan fingerprint density at radius 1 is 0.630 bits per heavy atom. The number of aliphatic carboxylic acids is 1. The fourth-order valence-corrected chi connectivity index (χ4v) is 3.89. The highest BCUT2D eigenvalue weighted by Gasteiger charge is 2.17. The van der Waals surface area contributed by atoms with Crippen molar-refractivity contribution in [2.45, 2.75) is 136 Å². The maximum absolute atomic E-state index is 11.3. The average Bonchev–Trinajstić information content (AvgIpc) is 2.66. The van der Waals surface area contributed by atoms with Crippen LogP contribution in [0.4, 0.5) is 0 Å². The predicted molar refractivity (Wildman–Crippen MR) is 119 cm³/mol. The van der Waals surface area contributed by atoms with Crippen molar-refractivity contribution in [3.8, 4) is 0 Å². The van der Waals surface area contributed by atoms with E-state index in [1.807, 2.05) is 0 Å². The van der Waals surface area contributed by atoms with Crippen molar-refractivity contribution in [2.24, 2.45) is 5.92 Å². The summed E-state index contributed by atoms with van der Waals surface area (Å²) in [4.78, 5) is 11.3. The smallest absolute Gasteiger partial charge is 0.331 e.